The maximum absolute atomic E-state index is 7.48. The molecule has 0 bridgehead atoms. The number of nitrogens with one attached hydrogen (secondary N) is 1. The van der Waals surface area contributed by atoms with E-state index in [4.69, 9.17) is 11.1 Å². The fourth-order valence-electron chi connectivity index (χ4n) is 3.51. The molecule has 0 saturated heterocycles. The molecule has 0 aromatic heterocycles. The SMILES string of the molecule is N=C(N)C1CCC(C2CCCCC2)CC1. The predicted molar refractivity (Wildman–Crippen MR) is 63.9 cm³/mol. The van der Waals surface area contributed by atoms with Crippen LogP contribution < -0.4 is 5.73 Å². The van der Waals surface area contributed by atoms with Crippen molar-refractivity contribution in [3.63, 3.8) is 0 Å². The van der Waals surface area contributed by atoms with E-state index in [0.717, 1.165) is 11.8 Å². The Kier molecular flexibility index (Phi) is 3.66. The molecule has 0 aliphatic heterocycles. The monoisotopic (exact) mass is 208 g/mol. The highest BCUT2D eigenvalue weighted by atomic mass is 14.7. The molecule has 2 nitrogen and oxygen atoms in total. The first-order valence-electron chi connectivity index (χ1n) is 6.61. The number of hydrogen-bond donors (Lipinski definition) is 2. The Morgan fingerprint density at radius 2 is 1.33 bits per heavy atom. The van der Waals surface area contributed by atoms with E-state index in [1.54, 1.807) is 0 Å². The van der Waals surface area contributed by atoms with Crippen molar-refractivity contribution in [1.29, 1.82) is 5.41 Å². The second-order valence-electron chi connectivity index (χ2n) is 5.47. The Labute approximate surface area is 93.1 Å². The van der Waals surface area contributed by atoms with Crippen LogP contribution in [-0.4, -0.2) is 5.84 Å². The van der Waals surface area contributed by atoms with Crippen LogP contribution >= 0.6 is 0 Å². The zero-order chi connectivity index (χ0) is 10.7. The third-order valence-corrected chi connectivity index (χ3v) is 4.53. The quantitative estimate of drug-likeness (QED) is 0.531. The van der Waals surface area contributed by atoms with Crippen molar-refractivity contribution in [3.05, 3.63) is 0 Å². The lowest BCUT2D eigenvalue weighted by molar-refractivity contribution is 0.183. The summed E-state index contributed by atoms with van der Waals surface area (Å²) in [5.74, 6) is 2.80. The topological polar surface area (TPSA) is 49.9 Å². The minimum Gasteiger partial charge on any atom is -0.387 e. The van der Waals surface area contributed by atoms with Crippen LogP contribution in [0.2, 0.25) is 0 Å². The van der Waals surface area contributed by atoms with Crippen molar-refractivity contribution in [2.45, 2.75) is 57.8 Å². The molecule has 2 heteroatoms. The largest absolute Gasteiger partial charge is 0.387 e. The Morgan fingerprint density at radius 1 is 0.800 bits per heavy atom. The van der Waals surface area contributed by atoms with Gasteiger partial charge in [-0.3, -0.25) is 5.41 Å². The lowest BCUT2D eigenvalue weighted by Crippen LogP contribution is -2.30. The van der Waals surface area contributed by atoms with Crippen LogP contribution in [0.4, 0.5) is 0 Å². The molecule has 0 atom stereocenters. The zero-order valence-corrected chi connectivity index (χ0v) is 9.67. The van der Waals surface area contributed by atoms with Gasteiger partial charge in [-0.15, -0.1) is 0 Å². The second kappa shape index (κ2) is 5.00. The summed E-state index contributed by atoms with van der Waals surface area (Å²) >= 11 is 0. The smallest absolute Gasteiger partial charge is 0.0936 e. The van der Waals surface area contributed by atoms with Crippen LogP contribution in [0.5, 0.6) is 0 Å². The van der Waals surface area contributed by atoms with Gasteiger partial charge in [0.2, 0.25) is 0 Å². The van der Waals surface area contributed by atoms with Gasteiger partial charge in [0.15, 0.2) is 0 Å². The first kappa shape index (κ1) is 11.0. The van der Waals surface area contributed by atoms with E-state index in [1.807, 2.05) is 0 Å². The number of amidine groups is 1. The highest BCUT2D eigenvalue weighted by molar-refractivity contribution is 5.79. The van der Waals surface area contributed by atoms with Gasteiger partial charge >= 0.3 is 0 Å². The number of hydrogen-bond acceptors (Lipinski definition) is 1. The standard InChI is InChI=1S/C13H24N2/c14-13(15)12-8-6-11(7-9-12)10-4-2-1-3-5-10/h10-12H,1-9H2,(H3,14,15). The van der Waals surface area contributed by atoms with Crippen LogP contribution in [0.15, 0.2) is 0 Å². The zero-order valence-electron chi connectivity index (χ0n) is 9.67. The van der Waals surface area contributed by atoms with E-state index in [1.165, 1.54) is 57.8 Å². The maximum atomic E-state index is 7.48. The molecule has 2 fully saturated rings. The molecule has 2 rings (SSSR count). The third kappa shape index (κ3) is 2.73. The van der Waals surface area contributed by atoms with Gasteiger partial charge in [0.25, 0.3) is 0 Å². The fourth-order valence-corrected chi connectivity index (χ4v) is 3.51. The molecule has 15 heavy (non-hydrogen) atoms. The van der Waals surface area contributed by atoms with Gasteiger partial charge in [-0.2, -0.15) is 0 Å². The first-order valence-corrected chi connectivity index (χ1v) is 6.61. The van der Waals surface area contributed by atoms with Crippen molar-refractivity contribution in [1.82, 2.24) is 0 Å². The Morgan fingerprint density at radius 3 is 1.87 bits per heavy atom. The molecule has 0 aromatic rings. The highest BCUT2D eigenvalue weighted by Gasteiger charge is 2.29. The summed E-state index contributed by atoms with van der Waals surface area (Å²) in [6.07, 6.45) is 12.3. The van der Waals surface area contributed by atoms with Crippen LogP contribution in [0.1, 0.15) is 57.8 Å². The molecule has 2 aliphatic carbocycles. The summed E-state index contributed by atoms with van der Waals surface area (Å²) in [7, 11) is 0. The normalized spacial score (nSPS) is 33.9. The molecule has 2 saturated carbocycles. The Balaban J connectivity index is 1.79. The molecule has 2 aliphatic rings. The average molecular weight is 208 g/mol. The molecule has 0 aromatic carbocycles. The molecule has 86 valence electrons. The summed E-state index contributed by atoms with van der Waals surface area (Å²) in [5.41, 5.74) is 5.57. The van der Waals surface area contributed by atoms with Gasteiger partial charge in [0.05, 0.1) is 5.84 Å². The van der Waals surface area contributed by atoms with Crippen molar-refractivity contribution >= 4 is 5.84 Å². The van der Waals surface area contributed by atoms with Gasteiger partial charge in [-0.05, 0) is 37.5 Å². The highest BCUT2D eigenvalue weighted by Crippen LogP contribution is 2.39. The van der Waals surface area contributed by atoms with Crippen molar-refractivity contribution in [3.8, 4) is 0 Å². The van der Waals surface area contributed by atoms with Crippen LogP contribution in [-0.2, 0) is 0 Å². The molecule has 0 amide bonds. The van der Waals surface area contributed by atoms with Crippen molar-refractivity contribution < 1.29 is 0 Å². The van der Waals surface area contributed by atoms with E-state index < -0.39 is 0 Å². The summed E-state index contributed by atoms with van der Waals surface area (Å²) in [5, 5.41) is 7.48. The maximum Gasteiger partial charge on any atom is 0.0936 e. The average Bonchev–Trinajstić information content (AvgIpc) is 2.30. The van der Waals surface area contributed by atoms with Crippen LogP contribution in [0.3, 0.4) is 0 Å². The molecular weight excluding hydrogens is 184 g/mol. The molecule has 0 unspecified atom stereocenters. The van der Waals surface area contributed by atoms with E-state index in [0.29, 0.717) is 11.8 Å². The molecule has 3 N–H and O–H groups in total. The lowest BCUT2D eigenvalue weighted by atomic mass is 9.71. The van der Waals surface area contributed by atoms with E-state index in [2.05, 4.69) is 0 Å². The number of nitrogens with two attached hydrogens (primary N) is 1. The van der Waals surface area contributed by atoms with Gasteiger partial charge < -0.3 is 5.73 Å². The van der Waals surface area contributed by atoms with Gasteiger partial charge in [0.1, 0.15) is 0 Å². The van der Waals surface area contributed by atoms with E-state index in [9.17, 15) is 0 Å². The van der Waals surface area contributed by atoms with Crippen LogP contribution in [0.25, 0.3) is 0 Å². The van der Waals surface area contributed by atoms with Gasteiger partial charge in [-0.1, -0.05) is 32.1 Å². The van der Waals surface area contributed by atoms with E-state index in [-0.39, 0.29) is 0 Å². The number of rotatable bonds is 2. The Bertz CT molecular complexity index is 211. The van der Waals surface area contributed by atoms with Crippen LogP contribution in [0, 0.1) is 23.2 Å². The summed E-state index contributed by atoms with van der Waals surface area (Å²) in [6.45, 7) is 0. The minimum atomic E-state index is 0.407. The molecule has 0 spiro atoms. The first-order chi connectivity index (χ1) is 7.27. The molecule has 0 heterocycles. The van der Waals surface area contributed by atoms with E-state index >= 15 is 0 Å². The van der Waals surface area contributed by atoms with Crippen molar-refractivity contribution in [2.75, 3.05) is 0 Å². The predicted octanol–water partition coefficient (Wildman–Crippen LogP) is 3.31. The lowest BCUT2D eigenvalue weighted by Gasteiger charge is -2.35. The third-order valence-electron chi connectivity index (χ3n) is 4.53. The minimum absolute atomic E-state index is 0.407. The van der Waals surface area contributed by atoms with Gasteiger partial charge in [-0.25, -0.2) is 0 Å². The summed E-state index contributed by atoms with van der Waals surface area (Å²) in [4.78, 5) is 0. The Hall–Kier alpha value is -0.530. The molecule has 0 radical (unpaired) electrons. The van der Waals surface area contributed by atoms with Crippen molar-refractivity contribution in [2.24, 2.45) is 23.5 Å². The summed E-state index contributed by atoms with van der Waals surface area (Å²) in [6, 6.07) is 0. The van der Waals surface area contributed by atoms with Gasteiger partial charge in [0, 0.05) is 5.92 Å². The molecular formula is C13H24N2. The fraction of sp³-hybridized carbons (Fsp3) is 0.923. The summed E-state index contributed by atoms with van der Waals surface area (Å²) < 4.78 is 0. The second-order valence-corrected chi connectivity index (χ2v) is 5.47.